The Labute approximate surface area is 194 Å². The second kappa shape index (κ2) is 10.4. The molecule has 1 aliphatic carbocycles. The van der Waals surface area contributed by atoms with E-state index >= 15 is 0 Å². The van der Waals surface area contributed by atoms with E-state index in [-0.39, 0.29) is 6.04 Å². The Morgan fingerprint density at radius 2 is 2.06 bits per heavy atom. The topological polar surface area (TPSA) is 114 Å². The third kappa shape index (κ3) is 5.28. The summed E-state index contributed by atoms with van der Waals surface area (Å²) in [6, 6.07) is 7.87. The van der Waals surface area contributed by atoms with E-state index in [9.17, 15) is 5.11 Å². The molecule has 0 radical (unpaired) electrons. The zero-order valence-electron chi connectivity index (χ0n) is 19.1. The molecule has 1 aliphatic rings. The van der Waals surface area contributed by atoms with Crippen molar-refractivity contribution in [2.45, 2.75) is 44.2 Å². The summed E-state index contributed by atoms with van der Waals surface area (Å²) in [5, 5.41) is 18.5. The van der Waals surface area contributed by atoms with Gasteiger partial charge in [0, 0.05) is 61.2 Å². The summed E-state index contributed by atoms with van der Waals surface area (Å²) in [4.78, 5) is 13.6. The minimum atomic E-state index is -0.401. The van der Waals surface area contributed by atoms with Crippen LogP contribution < -0.4 is 11.1 Å². The van der Waals surface area contributed by atoms with Crippen molar-refractivity contribution in [1.29, 1.82) is 0 Å². The smallest absolute Gasteiger partial charge is 0.161 e. The molecule has 0 spiro atoms. The van der Waals surface area contributed by atoms with Gasteiger partial charge in [-0.1, -0.05) is 37.5 Å². The highest BCUT2D eigenvalue weighted by atomic mass is 16.3. The van der Waals surface area contributed by atoms with Crippen molar-refractivity contribution >= 4 is 17.6 Å². The second-order valence-corrected chi connectivity index (χ2v) is 8.40. The summed E-state index contributed by atoms with van der Waals surface area (Å²) in [6.45, 7) is 0. The fraction of sp³-hybridized carbons (Fsp3) is 0.360. The molecule has 1 fully saturated rings. The van der Waals surface area contributed by atoms with Gasteiger partial charge in [0.05, 0.1) is 18.3 Å². The van der Waals surface area contributed by atoms with E-state index in [1.165, 1.54) is 0 Å². The lowest BCUT2D eigenvalue weighted by atomic mass is 10.0. The summed E-state index contributed by atoms with van der Waals surface area (Å²) in [5.74, 6) is 1.30. The molecule has 0 bridgehead atoms. The fourth-order valence-electron chi connectivity index (χ4n) is 4.23. The minimum absolute atomic E-state index is 0.0513. The number of benzene rings is 1. The van der Waals surface area contributed by atoms with Crippen LogP contribution >= 0.6 is 0 Å². The Hall–Kier alpha value is -3.52. The first kappa shape index (κ1) is 22.7. The van der Waals surface area contributed by atoms with Gasteiger partial charge in [-0.2, -0.15) is 5.10 Å². The lowest BCUT2D eigenvalue weighted by Crippen LogP contribution is -2.33. The number of aliphatic imine (C=N–C) groups is 1. The van der Waals surface area contributed by atoms with E-state index in [2.05, 4.69) is 20.4 Å². The largest absolute Gasteiger partial charge is 0.404 e. The minimum Gasteiger partial charge on any atom is -0.404 e. The molecule has 4 rings (SSSR count). The Balaban J connectivity index is 1.74. The van der Waals surface area contributed by atoms with E-state index in [4.69, 9.17) is 10.7 Å². The molecule has 2 heterocycles. The molecule has 4 N–H and O–H groups in total. The predicted molar refractivity (Wildman–Crippen MR) is 133 cm³/mol. The molecule has 1 aromatic carbocycles. The van der Waals surface area contributed by atoms with Gasteiger partial charge < -0.3 is 16.2 Å². The maximum Gasteiger partial charge on any atom is 0.161 e. The molecule has 1 saturated carbocycles. The van der Waals surface area contributed by atoms with Crippen LogP contribution in [0.1, 0.15) is 37.7 Å². The van der Waals surface area contributed by atoms with E-state index in [0.717, 1.165) is 59.9 Å². The van der Waals surface area contributed by atoms with Crippen molar-refractivity contribution < 1.29 is 5.11 Å². The Morgan fingerprint density at radius 1 is 1.21 bits per heavy atom. The normalized spacial score (nSPS) is 19.5. The third-order valence-corrected chi connectivity index (χ3v) is 6.01. The summed E-state index contributed by atoms with van der Waals surface area (Å²) >= 11 is 0. The van der Waals surface area contributed by atoms with Gasteiger partial charge in [0.15, 0.2) is 5.82 Å². The molecule has 2 aromatic heterocycles. The monoisotopic (exact) mass is 445 g/mol. The number of anilines is 1. The van der Waals surface area contributed by atoms with Gasteiger partial charge in [-0.3, -0.25) is 9.67 Å². The Morgan fingerprint density at radius 3 is 2.82 bits per heavy atom. The van der Waals surface area contributed by atoms with Crippen molar-refractivity contribution in [3.63, 3.8) is 0 Å². The number of allylic oxidation sites excluding steroid dienone is 1. The van der Waals surface area contributed by atoms with E-state index < -0.39 is 6.10 Å². The van der Waals surface area contributed by atoms with Crippen LogP contribution in [0.15, 0.2) is 54.0 Å². The Bertz CT molecular complexity index is 1150. The zero-order chi connectivity index (χ0) is 23.2. The molecule has 3 aromatic rings. The standard InChI is InChI=1S/C25H31N7O/c1-27-13-19(12-26)17-7-6-8-18(11-17)24-28-15-21(20-14-29-32(2)16-20)25(31-24)30-22-9-4-3-5-10-23(22)33/h6-8,11-16,22-23,33H,3-5,9-10,26H2,1-2H3,(H,28,30,31). The summed E-state index contributed by atoms with van der Waals surface area (Å²) in [7, 11) is 3.60. The number of aliphatic hydroxyl groups is 1. The molecule has 0 amide bonds. The highest BCUT2D eigenvalue weighted by Gasteiger charge is 2.24. The number of aliphatic hydroxyl groups excluding tert-OH is 1. The number of nitrogens with one attached hydrogen (secondary N) is 1. The first-order chi connectivity index (χ1) is 16.1. The summed E-state index contributed by atoms with van der Waals surface area (Å²) in [5.41, 5.74) is 10.2. The zero-order valence-corrected chi connectivity index (χ0v) is 19.1. The molecule has 2 atom stereocenters. The molecule has 172 valence electrons. The van der Waals surface area contributed by atoms with Crippen LogP contribution in [0.4, 0.5) is 5.82 Å². The van der Waals surface area contributed by atoms with Crippen molar-refractivity contribution in [3.05, 3.63) is 54.6 Å². The van der Waals surface area contributed by atoms with Gasteiger partial charge >= 0.3 is 0 Å². The predicted octanol–water partition coefficient (Wildman–Crippen LogP) is 3.65. The van der Waals surface area contributed by atoms with Crippen molar-refractivity contribution in [3.8, 4) is 22.5 Å². The molecule has 8 nitrogen and oxygen atoms in total. The number of aromatic nitrogens is 4. The lowest BCUT2D eigenvalue weighted by molar-refractivity contribution is 0.144. The van der Waals surface area contributed by atoms with Crippen molar-refractivity contribution in [1.82, 2.24) is 19.7 Å². The van der Waals surface area contributed by atoms with Gasteiger partial charge in [0.2, 0.25) is 0 Å². The first-order valence-corrected chi connectivity index (χ1v) is 11.3. The summed E-state index contributed by atoms with van der Waals surface area (Å²) < 4.78 is 1.76. The third-order valence-electron chi connectivity index (χ3n) is 6.01. The molecule has 33 heavy (non-hydrogen) atoms. The fourth-order valence-corrected chi connectivity index (χ4v) is 4.23. The molecular formula is C25H31N7O. The Kier molecular flexibility index (Phi) is 7.14. The van der Waals surface area contributed by atoms with Crippen LogP contribution in [0.2, 0.25) is 0 Å². The molecular weight excluding hydrogens is 414 g/mol. The van der Waals surface area contributed by atoms with Crippen LogP contribution in [0, 0.1) is 0 Å². The van der Waals surface area contributed by atoms with Gasteiger partial charge in [-0.15, -0.1) is 0 Å². The number of rotatable bonds is 6. The van der Waals surface area contributed by atoms with Crippen molar-refractivity contribution in [2.75, 3.05) is 12.4 Å². The van der Waals surface area contributed by atoms with Gasteiger partial charge in [-0.25, -0.2) is 9.97 Å². The van der Waals surface area contributed by atoms with Gasteiger partial charge in [0.1, 0.15) is 5.82 Å². The second-order valence-electron chi connectivity index (χ2n) is 8.40. The average molecular weight is 446 g/mol. The first-order valence-electron chi connectivity index (χ1n) is 11.3. The van der Waals surface area contributed by atoms with E-state index in [1.807, 2.05) is 43.7 Å². The number of nitrogens with two attached hydrogens (primary N) is 1. The van der Waals surface area contributed by atoms with Crippen LogP contribution in [0.25, 0.3) is 28.1 Å². The van der Waals surface area contributed by atoms with Crippen molar-refractivity contribution in [2.24, 2.45) is 17.8 Å². The highest BCUT2D eigenvalue weighted by molar-refractivity contribution is 6.09. The lowest BCUT2D eigenvalue weighted by Gasteiger charge is -2.23. The average Bonchev–Trinajstić information content (AvgIpc) is 3.16. The van der Waals surface area contributed by atoms with Crippen LogP contribution in [-0.2, 0) is 7.05 Å². The quantitative estimate of drug-likeness (QED) is 0.394. The van der Waals surface area contributed by atoms with Crippen LogP contribution in [0.3, 0.4) is 0 Å². The summed E-state index contributed by atoms with van der Waals surface area (Å²) in [6.07, 6.45) is 13.4. The molecule has 8 heteroatoms. The van der Waals surface area contributed by atoms with E-state index in [1.54, 1.807) is 30.3 Å². The SMILES string of the molecule is CN=CC(=CN)c1cccc(-c2ncc(-c3cnn(C)c3)c(NC3CCCCCC3O)n2)c1. The van der Waals surface area contributed by atoms with Gasteiger partial charge in [-0.05, 0) is 24.5 Å². The number of aryl methyl sites for hydroxylation is 1. The molecule has 0 saturated heterocycles. The van der Waals surface area contributed by atoms with E-state index in [0.29, 0.717) is 11.6 Å². The molecule has 2 unspecified atom stereocenters. The number of hydrogen-bond acceptors (Lipinski definition) is 7. The van der Waals surface area contributed by atoms with Crippen LogP contribution in [0.5, 0.6) is 0 Å². The van der Waals surface area contributed by atoms with Crippen LogP contribution in [-0.4, -0.2) is 50.3 Å². The maximum absolute atomic E-state index is 10.7. The maximum atomic E-state index is 10.7. The number of nitrogens with zero attached hydrogens (tertiary/aromatic N) is 5. The molecule has 0 aliphatic heterocycles. The highest BCUT2D eigenvalue weighted by Crippen LogP contribution is 2.31. The van der Waals surface area contributed by atoms with Gasteiger partial charge in [0.25, 0.3) is 0 Å². The number of hydrogen-bond donors (Lipinski definition) is 3.